The number of aromatic nitrogens is 1. The van der Waals surface area contributed by atoms with Gasteiger partial charge in [-0.05, 0) is 37.4 Å². The van der Waals surface area contributed by atoms with Crippen LogP contribution < -0.4 is 11.3 Å². The highest BCUT2D eigenvalue weighted by atomic mass is 32.1. The number of thiophene rings is 1. The molecule has 110 valence electrons. The summed E-state index contributed by atoms with van der Waals surface area (Å²) in [4.78, 5) is 6.90. The van der Waals surface area contributed by atoms with E-state index < -0.39 is 0 Å². The second kappa shape index (κ2) is 5.81. The lowest BCUT2D eigenvalue weighted by atomic mass is 10.1. The predicted molar refractivity (Wildman–Crippen MR) is 87.1 cm³/mol. The number of aryl methyl sites for hydroxylation is 2. The molecule has 6 heteroatoms. The standard InChI is InChI=1S/C15H16FN3S2/c1-8-9(2)20-15(18-8)7-12(19-17)14-5-10-3-4-11(16)6-13(10)21-14/h3-6,12,19H,7,17H2,1-2H3. The Kier molecular flexibility index (Phi) is 4.03. The Morgan fingerprint density at radius 1 is 1.29 bits per heavy atom. The Morgan fingerprint density at radius 3 is 2.76 bits per heavy atom. The van der Waals surface area contributed by atoms with Crippen LogP contribution in [0.1, 0.15) is 26.5 Å². The zero-order valence-electron chi connectivity index (χ0n) is 11.8. The van der Waals surface area contributed by atoms with Gasteiger partial charge in [-0.2, -0.15) is 0 Å². The molecule has 0 spiro atoms. The molecular weight excluding hydrogens is 305 g/mol. The fraction of sp³-hybridized carbons (Fsp3) is 0.267. The Morgan fingerprint density at radius 2 is 2.10 bits per heavy atom. The van der Waals surface area contributed by atoms with Gasteiger partial charge in [0.2, 0.25) is 0 Å². The molecule has 0 fully saturated rings. The zero-order chi connectivity index (χ0) is 15.0. The summed E-state index contributed by atoms with van der Waals surface area (Å²) in [6.07, 6.45) is 0.741. The molecule has 3 N–H and O–H groups in total. The van der Waals surface area contributed by atoms with Crippen LogP contribution in [-0.4, -0.2) is 4.98 Å². The molecule has 21 heavy (non-hydrogen) atoms. The molecule has 3 aromatic rings. The number of thiazole rings is 1. The molecule has 3 rings (SSSR count). The van der Waals surface area contributed by atoms with Crippen molar-refractivity contribution in [2.75, 3.05) is 0 Å². The molecule has 0 aliphatic rings. The van der Waals surface area contributed by atoms with Crippen molar-refractivity contribution >= 4 is 32.8 Å². The Bertz CT molecular complexity index is 759. The van der Waals surface area contributed by atoms with E-state index in [2.05, 4.69) is 23.4 Å². The van der Waals surface area contributed by atoms with Gasteiger partial charge in [0.05, 0.1) is 16.7 Å². The van der Waals surface area contributed by atoms with Crippen LogP contribution in [-0.2, 0) is 6.42 Å². The highest BCUT2D eigenvalue weighted by Crippen LogP contribution is 2.32. The van der Waals surface area contributed by atoms with Crippen molar-refractivity contribution < 1.29 is 4.39 Å². The van der Waals surface area contributed by atoms with Crippen molar-refractivity contribution in [1.82, 2.24) is 10.4 Å². The molecule has 1 atom stereocenters. The van der Waals surface area contributed by atoms with Crippen molar-refractivity contribution in [3.8, 4) is 0 Å². The molecule has 0 aliphatic carbocycles. The topological polar surface area (TPSA) is 50.9 Å². The molecule has 0 radical (unpaired) electrons. The monoisotopic (exact) mass is 321 g/mol. The number of hydrogen-bond acceptors (Lipinski definition) is 5. The van der Waals surface area contributed by atoms with Gasteiger partial charge in [0.25, 0.3) is 0 Å². The maximum atomic E-state index is 13.3. The molecular formula is C15H16FN3S2. The first-order valence-electron chi connectivity index (χ1n) is 6.65. The lowest BCUT2D eigenvalue weighted by Gasteiger charge is -2.12. The largest absolute Gasteiger partial charge is 0.271 e. The maximum absolute atomic E-state index is 13.3. The van der Waals surface area contributed by atoms with E-state index in [9.17, 15) is 4.39 Å². The smallest absolute Gasteiger partial charge is 0.124 e. The number of nitrogens with zero attached hydrogens (tertiary/aromatic N) is 1. The van der Waals surface area contributed by atoms with E-state index >= 15 is 0 Å². The Hall–Kier alpha value is -1.34. The summed E-state index contributed by atoms with van der Waals surface area (Å²) in [6.45, 7) is 4.09. The molecule has 1 unspecified atom stereocenters. The fourth-order valence-corrected chi connectivity index (χ4v) is 4.37. The molecule has 0 bridgehead atoms. The molecule has 0 saturated carbocycles. The van der Waals surface area contributed by atoms with Crippen LogP contribution in [0.3, 0.4) is 0 Å². The van der Waals surface area contributed by atoms with Crippen LogP contribution in [0.4, 0.5) is 4.39 Å². The van der Waals surface area contributed by atoms with Crippen molar-refractivity contribution in [1.29, 1.82) is 0 Å². The highest BCUT2D eigenvalue weighted by Gasteiger charge is 2.16. The average Bonchev–Trinajstić information content (AvgIpc) is 2.99. The van der Waals surface area contributed by atoms with Crippen LogP contribution in [0.25, 0.3) is 10.1 Å². The molecule has 1 aromatic carbocycles. The number of hydrogen-bond donors (Lipinski definition) is 2. The third kappa shape index (κ3) is 2.98. The van der Waals surface area contributed by atoms with Gasteiger partial charge < -0.3 is 0 Å². The Labute approximate surface area is 130 Å². The third-order valence-corrected chi connectivity index (χ3v) is 5.80. The quantitative estimate of drug-likeness (QED) is 0.567. The number of benzene rings is 1. The molecule has 0 saturated heterocycles. The number of fused-ring (bicyclic) bond motifs is 1. The van der Waals surface area contributed by atoms with E-state index in [-0.39, 0.29) is 11.9 Å². The van der Waals surface area contributed by atoms with E-state index in [0.717, 1.165) is 32.1 Å². The van der Waals surface area contributed by atoms with Crippen LogP contribution in [0, 0.1) is 19.7 Å². The van der Waals surface area contributed by atoms with Crippen molar-refractivity contribution in [3.05, 3.63) is 50.5 Å². The molecule has 3 nitrogen and oxygen atoms in total. The van der Waals surface area contributed by atoms with E-state index in [0.29, 0.717) is 0 Å². The first-order valence-corrected chi connectivity index (χ1v) is 8.28. The van der Waals surface area contributed by atoms with Crippen molar-refractivity contribution in [2.45, 2.75) is 26.3 Å². The van der Waals surface area contributed by atoms with Crippen LogP contribution in [0.2, 0.25) is 0 Å². The number of nitrogens with two attached hydrogens (primary N) is 1. The van der Waals surface area contributed by atoms with Gasteiger partial charge in [-0.3, -0.25) is 11.3 Å². The lowest BCUT2D eigenvalue weighted by Crippen LogP contribution is -2.28. The van der Waals surface area contributed by atoms with E-state index in [1.54, 1.807) is 34.8 Å². The van der Waals surface area contributed by atoms with Gasteiger partial charge in [-0.1, -0.05) is 6.07 Å². The summed E-state index contributed by atoms with van der Waals surface area (Å²) in [6, 6.07) is 6.91. The number of halogens is 1. The SMILES string of the molecule is Cc1nc(CC(NN)c2cc3ccc(F)cc3s2)sc1C. The van der Waals surface area contributed by atoms with Crippen molar-refractivity contribution in [2.24, 2.45) is 5.84 Å². The molecule has 0 amide bonds. The fourth-order valence-electron chi connectivity index (χ4n) is 2.24. The highest BCUT2D eigenvalue weighted by molar-refractivity contribution is 7.19. The second-order valence-corrected chi connectivity index (χ2v) is 7.41. The van der Waals surface area contributed by atoms with Gasteiger partial charge >= 0.3 is 0 Å². The summed E-state index contributed by atoms with van der Waals surface area (Å²) < 4.78 is 14.2. The van der Waals surface area contributed by atoms with Gasteiger partial charge in [0.1, 0.15) is 5.82 Å². The van der Waals surface area contributed by atoms with Crippen molar-refractivity contribution in [3.63, 3.8) is 0 Å². The van der Waals surface area contributed by atoms with Gasteiger partial charge in [0, 0.05) is 20.9 Å². The minimum Gasteiger partial charge on any atom is -0.271 e. The molecule has 2 heterocycles. The van der Waals surface area contributed by atoms with Gasteiger partial charge in [0.15, 0.2) is 0 Å². The maximum Gasteiger partial charge on any atom is 0.124 e. The first-order chi connectivity index (χ1) is 10.1. The average molecular weight is 321 g/mol. The zero-order valence-corrected chi connectivity index (χ0v) is 13.4. The van der Waals surface area contributed by atoms with E-state index in [4.69, 9.17) is 5.84 Å². The van der Waals surface area contributed by atoms with E-state index in [1.807, 2.05) is 6.92 Å². The Balaban J connectivity index is 1.90. The summed E-state index contributed by atoms with van der Waals surface area (Å²) in [5, 5.41) is 2.11. The van der Waals surface area contributed by atoms with Crippen LogP contribution in [0.5, 0.6) is 0 Å². The number of nitrogens with one attached hydrogen (secondary N) is 1. The van der Waals surface area contributed by atoms with Gasteiger partial charge in [-0.25, -0.2) is 9.37 Å². The molecule has 2 aromatic heterocycles. The number of hydrazine groups is 1. The third-order valence-electron chi connectivity index (χ3n) is 3.50. The summed E-state index contributed by atoms with van der Waals surface area (Å²) in [5.74, 6) is 5.50. The summed E-state index contributed by atoms with van der Waals surface area (Å²) in [5.41, 5.74) is 3.93. The van der Waals surface area contributed by atoms with Gasteiger partial charge in [-0.15, -0.1) is 22.7 Å². The number of rotatable bonds is 4. The first kappa shape index (κ1) is 14.6. The second-order valence-electron chi connectivity index (χ2n) is 5.00. The minimum atomic E-state index is -0.209. The van der Waals surface area contributed by atoms with Crippen LogP contribution >= 0.6 is 22.7 Å². The summed E-state index contributed by atoms with van der Waals surface area (Å²) in [7, 11) is 0. The minimum absolute atomic E-state index is 0.00425. The van der Waals surface area contributed by atoms with E-state index in [1.165, 1.54) is 10.9 Å². The predicted octanol–water partition coefficient (Wildman–Crippen LogP) is 3.86. The normalized spacial score (nSPS) is 13.0. The molecule has 0 aliphatic heterocycles. The lowest BCUT2D eigenvalue weighted by molar-refractivity contribution is 0.559. The van der Waals surface area contributed by atoms with Crippen LogP contribution in [0.15, 0.2) is 24.3 Å². The summed E-state index contributed by atoms with van der Waals surface area (Å²) >= 11 is 3.27.